The van der Waals surface area contributed by atoms with Gasteiger partial charge in [0.2, 0.25) is 0 Å². The molecule has 2 nitrogen and oxygen atoms in total. The molecule has 0 heterocycles. The third kappa shape index (κ3) is 3.48. The number of hydrogen-bond acceptors (Lipinski definition) is 2. The highest BCUT2D eigenvalue weighted by Crippen LogP contribution is 2.50. The molecule has 2 atom stereocenters. The zero-order chi connectivity index (χ0) is 13.3. The number of halogens is 1. The van der Waals surface area contributed by atoms with Gasteiger partial charge in [-0.2, -0.15) is 0 Å². The predicted molar refractivity (Wildman–Crippen MR) is 79.3 cm³/mol. The molecule has 1 aromatic rings. The summed E-state index contributed by atoms with van der Waals surface area (Å²) in [5, 5.41) is 3.59. The van der Waals surface area contributed by atoms with Gasteiger partial charge >= 0.3 is 0 Å². The predicted octanol–water partition coefficient (Wildman–Crippen LogP) is 3.95. The minimum atomic E-state index is 0.207. The summed E-state index contributed by atoms with van der Waals surface area (Å²) in [7, 11) is 1.72. The maximum atomic E-state index is 5.30. The highest BCUT2D eigenvalue weighted by molar-refractivity contribution is 9.10. The average Bonchev–Trinajstić information content (AvgIpc) is 3.05. The first-order valence-corrected chi connectivity index (χ1v) is 7.28. The molecular weight excluding hydrogens is 290 g/mol. The number of ether oxygens (including phenoxy) is 1. The third-order valence-electron chi connectivity index (χ3n) is 3.42. The molecular formula is C15H22BrNO. The van der Waals surface area contributed by atoms with Crippen molar-refractivity contribution in [1.29, 1.82) is 0 Å². The van der Waals surface area contributed by atoms with Crippen LogP contribution in [0.2, 0.25) is 0 Å². The molecule has 1 aliphatic rings. The Hall–Kier alpha value is -0.540. The molecule has 3 heteroatoms. The van der Waals surface area contributed by atoms with E-state index in [1.54, 1.807) is 7.11 Å². The van der Waals surface area contributed by atoms with Crippen LogP contribution in [0.25, 0.3) is 0 Å². The lowest BCUT2D eigenvalue weighted by molar-refractivity contribution is 0.411. The van der Waals surface area contributed by atoms with Gasteiger partial charge < -0.3 is 10.1 Å². The van der Waals surface area contributed by atoms with Gasteiger partial charge in [0.25, 0.3) is 0 Å². The van der Waals surface area contributed by atoms with Crippen LogP contribution in [0.3, 0.4) is 0 Å². The lowest BCUT2D eigenvalue weighted by Crippen LogP contribution is -2.37. The third-order valence-corrected chi connectivity index (χ3v) is 4.14. The summed E-state index contributed by atoms with van der Waals surface area (Å²) in [6.07, 6.45) is 1.27. The second-order valence-electron chi connectivity index (χ2n) is 6.12. The highest BCUT2D eigenvalue weighted by Gasteiger charge is 2.39. The lowest BCUT2D eigenvalue weighted by atomic mass is 10.1. The molecule has 0 aromatic heterocycles. The number of methoxy groups -OCH3 is 1. The van der Waals surface area contributed by atoms with E-state index in [2.05, 4.69) is 54.2 Å². The van der Waals surface area contributed by atoms with E-state index in [1.807, 2.05) is 6.07 Å². The van der Waals surface area contributed by atoms with E-state index < -0.39 is 0 Å². The minimum absolute atomic E-state index is 0.207. The quantitative estimate of drug-likeness (QED) is 0.909. The summed E-state index contributed by atoms with van der Waals surface area (Å²) in [5.74, 6) is 2.37. The first-order chi connectivity index (χ1) is 8.40. The van der Waals surface area contributed by atoms with Crippen molar-refractivity contribution in [2.24, 2.45) is 5.92 Å². The Morgan fingerprint density at radius 1 is 1.39 bits per heavy atom. The molecule has 2 unspecified atom stereocenters. The van der Waals surface area contributed by atoms with Crippen LogP contribution in [0.4, 0.5) is 0 Å². The van der Waals surface area contributed by atoms with Crippen LogP contribution >= 0.6 is 15.9 Å². The van der Waals surface area contributed by atoms with Crippen molar-refractivity contribution >= 4 is 15.9 Å². The number of rotatable bonds is 4. The zero-order valence-corrected chi connectivity index (χ0v) is 13.2. The molecule has 1 aromatic carbocycles. The lowest BCUT2D eigenvalue weighted by Gasteiger charge is -2.20. The Morgan fingerprint density at radius 2 is 2.11 bits per heavy atom. The summed E-state index contributed by atoms with van der Waals surface area (Å²) in [6.45, 7) is 7.74. The van der Waals surface area contributed by atoms with Gasteiger partial charge in [0.15, 0.2) is 0 Å². The first-order valence-electron chi connectivity index (χ1n) is 6.49. The fourth-order valence-corrected chi connectivity index (χ4v) is 2.76. The first kappa shape index (κ1) is 13.9. The molecule has 0 spiro atoms. The smallest absolute Gasteiger partial charge is 0.119 e. The summed E-state index contributed by atoms with van der Waals surface area (Å²) >= 11 is 3.64. The largest absolute Gasteiger partial charge is 0.497 e. The number of hydrogen-bond donors (Lipinski definition) is 1. The van der Waals surface area contributed by atoms with Gasteiger partial charge in [-0.25, -0.2) is 0 Å². The molecule has 0 aliphatic heterocycles. The maximum absolute atomic E-state index is 5.30. The van der Waals surface area contributed by atoms with E-state index in [0.717, 1.165) is 18.2 Å². The van der Waals surface area contributed by atoms with Crippen molar-refractivity contribution < 1.29 is 4.74 Å². The normalized spacial score (nSPS) is 22.9. The summed E-state index contributed by atoms with van der Waals surface area (Å²) in [6, 6.07) is 6.24. The Bertz CT molecular complexity index is 425. The molecule has 18 heavy (non-hydrogen) atoms. The van der Waals surface area contributed by atoms with E-state index in [0.29, 0.717) is 5.92 Å². The molecule has 0 radical (unpaired) electrons. The van der Waals surface area contributed by atoms with Crippen molar-refractivity contribution in [2.75, 3.05) is 13.7 Å². The number of benzene rings is 1. The Morgan fingerprint density at radius 3 is 2.72 bits per heavy atom. The highest BCUT2D eigenvalue weighted by atomic mass is 79.9. The molecule has 1 saturated carbocycles. The van der Waals surface area contributed by atoms with Crippen LogP contribution < -0.4 is 10.1 Å². The van der Waals surface area contributed by atoms with Crippen LogP contribution in [0.5, 0.6) is 5.75 Å². The maximum Gasteiger partial charge on any atom is 0.119 e. The van der Waals surface area contributed by atoms with Crippen LogP contribution in [0.15, 0.2) is 22.7 Å². The molecule has 100 valence electrons. The summed E-state index contributed by atoms with van der Waals surface area (Å²) in [4.78, 5) is 0. The van der Waals surface area contributed by atoms with Crippen molar-refractivity contribution in [1.82, 2.24) is 5.32 Å². The van der Waals surface area contributed by atoms with Crippen molar-refractivity contribution in [3.63, 3.8) is 0 Å². The minimum Gasteiger partial charge on any atom is -0.497 e. The van der Waals surface area contributed by atoms with E-state index >= 15 is 0 Å². The Balaban J connectivity index is 1.98. The van der Waals surface area contributed by atoms with Gasteiger partial charge in [-0.3, -0.25) is 0 Å². The summed E-state index contributed by atoms with van der Waals surface area (Å²) in [5.41, 5.74) is 1.59. The van der Waals surface area contributed by atoms with E-state index in [4.69, 9.17) is 4.74 Å². The van der Waals surface area contributed by atoms with E-state index in [9.17, 15) is 0 Å². The fraction of sp³-hybridized carbons (Fsp3) is 0.600. The average molecular weight is 312 g/mol. The van der Waals surface area contributed by atoms with Crippen molar-refractivity contribution in [2.45, 2.75) is 38.6 Å². The van der Waals surface area contributed by atoms with Crippen LogP contribution in [-0.4, -0.2) is 19.2 Å². The van der Waals surface area contributed by atoms with Gasteiger partial charge in [0.05, 0.1) is 7.11 Å². The molecule has 1 aliphatic carbocycles. The second kappa shape index (κ2) is 5.22. The van der Waals surface area contributed by atoms with Crippen LogP contribution in [-0.2, 0) is 0 Å². The van der Waals surface area contributed by atoms with Crippen LogP contribution in [0, 0.1) is 5.92 Å². The summed E-state index contributed by atoms with van der Waals surface area (Å²) < 4.78 is 6.50. The topological polar surface area (TPSA) is 21.3 Å². The molecule has 1 N–H and O–H groups in total. The van der Waals surface area contributed by atoms with Crippen molar-refractivity contribution in [3.05, 3.63) is 28.2 Å². The van der Waals surface area contributed by atoms with Gasteiger partial charge in [0.1, 0.15) is 5.75 Å². The Kier molecular flexibility index (Phi) is 4.02. The monoisotopic (exact) mass is 311 g/mol. The standard InChI is InChI=1S/C15H22BrNO/c1-15(2,3)17-9-10-7-12(10)13-8-11(18-4)5-6-14(13)16/h5-6,8,10,12,17H,7,9H2,1-4H3. The molecule has 0 bridgehead atoms. The molecule has 1 fully saturated rings. The SMILES string of the molecule is COc1ccc(Br)c(C2CC2CNC(C)(C)C)c1. The number of nitrogens with one attached hydrogen (secondary N) is 1. The van der Waals surface area contributed by atoms with Gasteiger partial charge in [-0.05, 0) is 69.3 Å². The van der Waals surface area contributed by atoms with Crippen LogP contribution in [0.1, 0.15) is 38.7 Å². The van der Waals surface area contributed by atoms with Crippen molar-refractivity contribution in [3.8, 4) is 5.75 Å². The second-order valence-corrected chi connectivity index (χ2v) is 6.97. The zero-order valence-electron chi connectivity index (χ0n) is 11.6. The molecule has 2 rings (SSSR count). The Labute approximate surface area is 118 Å². The fourth-order valence-electron chi connectivity index (χ4n) is 2.22. The van der Waals surface area contributed by atoms with Gasteiger partial charge in [-0.1, -0.05) is 15.9 Å². The molecule has 0 amide bonds. The molecule has 0 saturated heterocycles. The van der Waals surface area contributed by atoms with Gasteiger partial charge in [-0.15, -0.1) is 0 Å². The van der Waals surface area contributed by atoms with Gasteiger partial charge in [0, 0.05) is 10.0 Å². The van der Waals surface area contributed by atoms with E-state index in [1.165, 1.54) is 16.5 Å². The van der Waals surface area contributed by atoms with E-state index in [-0.39, 0.29) is 5.54 Å².